The molecule has 1 amide bonds. The molecule has 3 aromatic rings. The van der Waals surface area contributed by atoms with Crippen LogP contribution < -0.4 is 5.32 Å². The van der Waals surface area contributed by atoms with E-state index in [1.807, 2.05) is 54.6 Å². The van der Waals surface area contributed by atoms with Crippen LogP contribution >= 0.6 is 0 Å². The van der Waals surface area contributed by atoms with Crippen molar-refractivity contribution in [2.75, 3.05) is 0 Å². The lowest BCUT2D eigenvalue weighted by molar-refractivity contribution is 0.0951. The van der Waals surface area contributed by atoms with Crippen LogP contribution in [0.25, 0.3) is 0 Å². The summed E-state index contributed by atoms with van der Waals surface area (Å²) in [4.78, 5) is 16.2. The van der Waals surface area contributed by atoms with E-state index < -0.39 is 0 Å². The molecule has 0 radical (unpaired) electrons. The summed E-state index contributed by atoms with van der Waals surface area (Å²) in [6.07, 6.45) is 3.45. The van der Waals surface area contributed by atoms with Crippen molar-refractivity contribution < 1.29 is 4.79 Å². The van der Waals surface area contributed by atoms with Gasteiger partial charge in [0, 0.05) is 35.6 Å². The average Bonchev–Trinajstić information content (AvgIpc) is 2.66. The van der Waals surface area contributed by atoms with Gasteiger partial charge in [0.1, 0.15) is 0 Å². The van der Waals surface area contributed by atoms with E-state index in [0.717, 1.165) is 16.7 Å². The number of nitrogens with zero attached hydrogens (tertiary/aromatic N) is 1. The van der Waals surface area contributed by atoms with Gasteiger partial charge < -0.3 is 5.32 Å². The Morgan fingerprint density at radius 3 is 2.25 bits per heavy atom. The Kier molecular flexibility index (Phi) is 5.01. The van der Waals surface area contributed by atoms with Crippen molar-refractivity contribution >= 4 is 5.91 Å². The number of carbonyl (C=O) groups is 1. The fourth-order valence-electron chi connectivity index (χ4n) is 2.16. The normalized spacial score (nSPS) is 9.67. The Morgan fingerprint density at radius 1 is 0.875 bits per heavy atom. The molecule has 116 valence electrons. The minimum atomic E-state index is -0.110. The number of amides is 1. The SMILES string of the molecule is O=C(NCc1cccnc1)c1ccc(C#Cc2ccccc2)cc1. The highest BCUT2D eigenvalue weighted by molar-refractivity contribution is 5.94. The van der Waals surface area contributed by atoms with Crippen LogP contribution in [-0.2, 0) is 6.54 Å². The molecule has 3 nitrogen and oxygen atoms in total. The van der Waals surface area contributed by atoms with E-state index in [0.29, 0.717) is 12.1 Å². The van der Waals surface area contributed by atoms with Crippen molar-refractivity contribution in [1.82, 2.24) is 10.3 Å². The largest absolute Gasteiger partial charge is 0.348 e. The Balaban J connectivity index is 1.62. The third kappa shape index (κ3) is 4.31. The van der Waals surface area contributed by atoms with Gasteiger partial charge in [-0.25, -0.2) is 0 Å². The first-order valence-corrected chi connectivity index (χ1v) is 7.65. The molecular weight excluding hydrogens is 296 g/mol. The van der Waals surface area contributed by atoms with Gasteiger partial charge in [-0.15, -0.1) is 0 Å². The van der Waals surface area contributed by atoms with E-state index in [2.05, 4.69) is 22.1 Å². The van der Waals surface area contributed by atoms with Crippen LogP contribution in [0.1, 0.15) is 27.0 Å². The maximum atomic E-state index is 12.1. The summed E-state index contributed by atoms with van der Waals surface area (Å²) < 4.78 is 0. The Morgan fingerprint density at radius 2 is 1.58 bits per heavy atom. The molecular formula is C21H16N2O. The van der Waals surface area contributed by atoms with E-state index in [1.165, 1.54) is 0 Å². The monoisotopic (exact) mass is 312 g/mol. The Hall–Kier alpha value is -3.38. The first-order chi connectivity index (χ1) is 11.8. The van der Waals surface area contributed by atoms with Gasteiger partial charge >= 0.3 is 0 Å². The van der Waals surface area contributed by atoms with Crippen LogP contribution in [0.15, 0.2) is 79.1 Å². The second-order valence-corrected chi connectivity index (χ2v) is 5.24. The van der Waals surface area contributed by atoms with Crippen molar-refractivity contribution in [3.05, 3.63) is 101 Å². The minimum Gasteiger partial charge on any atom is -0.348 e. The highest BCUT2D eigenvalue weighted by Crippen LogP contribution is 2.05. The second kappa shape index (κ2) is 7.75. The Bertz CT molecular complexity index is 860. The topological polar surface area (TPSA) is 42.0 Å². The number of rotatable bonds is 3. The van der Waals surface area contributed by atoms with E-state index in [-0.39, 0.29) is 5.91 Å². The summed E-state index contributed by atoms with van der Waals surface area (Å²) in [6, 6.07) is 20.9. The van der Waals surface area contributed by atoms with Crippen molar-refractivity contribution in [3.63, 3.8) is 0 Å². The van der Waals surface area contributed by atoms with Crippen LogP contribution in [0.2, 0.25) is 0 Å². The van der Waals surface area contributed by atoms with Crippen LogP contribution in [0, 0.1) is 11.8 Å². The molecule has 0 spiro atoms. The number of pyridine rings is 1. The Labute approximate surface area is 141 Å². The highest BCUT2D eigenvalue weighted by Gasteiger charge is 2.04. The number of aromatic nitrogens is 1. The van der Waals surface area contributed by atoms with Gasteiger partial charge in [-0.1, -0.05) is 36.1 Å². The lowest BCUT2D eigenvalue weighted by atomic mass is 10.1. The predicted octanol–water partition coefficient (Wildman–Crippen LogP) is 3.41. The van der Waals surface area contributed by atoms with Crippen molar-refractivity contribution in [3.8, 4) is 11.8 Å². The van der Waals surface area contributed by atoms with E-state index in [9.17, 15) is 4.79 Å². The molecule has 0 atom stereocenters. The summed E-state index contributed by atoms with van der Waals surface area (Å²) in [5.74, 6) is 6.08. The molecule has 1 aromatic heterocycles. The zero-order valence-electron chi connectivity index (χ0n) is 13.1. The third-order valence-electron chi connectivity index (χ3n) is 3.45. The van der Waals surface area contributed by atoms with Gasteiger partial charge in [0.15, 0.2) is 0 Å². The number of nitrogens with one attached hydrogen (secondary N) is 1. The maximum Gasteiger partial charge on any atom is 0.251 e. The molecule has 0 saturated carbocycles. The summed E-state index contributed by atoms with van der Waals surface area (Å²) in [7, 11) is 0. The quantitative estimate of drug-likeness (QED) is 0.753. The molecule has 24 heavy (non-hydrogen) atoms. The summed E-state index contributed by atoms with van der Waals surface area (Å²) in [5, 5.41) is 2.88. The van der Waals surface area contributed by atoms with E-state index in [4.69, 9.17) is 0 Å². The van der Waals surface area contributed by atoms with Crippen LogP contribution in [0.5, 0.6) is 0 Å². The number of hydrogen-bond acceptors (Lipinski definition) is 2. The van der Waals surface area contributed by atoms with Crippen LogP contribution in [0.3, 0.4) is 0 Å². The lowest BCUT2D eigenvalue weighted by Crippen LogP contribution is -2.22. The van der Waals surface area contributed by atoms with Crippen LogP contribution in [-0.4, -0.2) is 10.9 Å². The number of hydrogen-bond donors (Lipinski definition) is 1. The third-order valence-corrected chi connectivity index (χ3v) is 3.45. The molecule has 0 saturated heterocycles. The van der Waals surface area contributed by atoms with Crippen LogP contribution in [0.4, 0.5) is 0 Å². The molecule has 0 aliphatic carbocycles. The highest BCUT2D eigenvalue weighted by atomic mass is 16.1. The number of benzene rings is 2. The van der Waals surface area contributed by atoms with E-state index >= 15 is 0 Å². The smallest absolute Gasteiger partial charge is 0.251 e. The molecule has 0 bridgehead atoms. The molecule has 3 heteroatoms. The standard InChI is InChI=1S/C21H16N2O/c24-21(23-16-19-7-4-14-22-15-19)20-12-10-18(11-13-20)9-8-17-5-2-1-3-6-17/h1-7,10-15H,16H2,(H,23,24). The first-order valence-electron chi connectivity index (χ1n) is 7.65. The minimum absolute atomic E-state index is 0.110. The number of carbonyl (C=O) groups excluding carboxylic acids is 1. The first kappa shape index (κ1) is 15.5. The molecule has 2 aromatic carbocycles. The van der Waals surface area contributed by atoms with Gasteiger partial charge in [0.25, 0.3) is 5.91 Å². The van der Waals surface area contributed by atoms with Gasteiger partial charge in [-0.05, 0) is 48.0 Å². The maximum absolute atomic E-state index is 12.1. The fourth-order valence-corrected chi connectivity index (χ4v) is 2.16. The van der Waals surface area contributed by atoms with Crippen molar-refractivity contribution in [2.45, 2.75) is 6.54 Å². The zero-order chi connectivity index (χ0) is 16.6. The molecule has 3 rings (SSSR count). The van der Waals surface area contributed by atoms with Crippen molar-refractivity contribution in [1.29, 1.82) is 0 Å². The lowest BCUT2D eigenvalue weighted by Gasteiger charge is -2.05. The summed E-state index contributed by atoms with van der Waals surface area (Å²) in [5.41, 5.74) is 3.43. The summed E-state index contributed by atoms with van der Waals surface area (Å²) in [6.45, 7) is 0.461. The van der Waals surface area contributed by atoms with Gasteiger partial charge in [-0.3, -0.25) is 9.78 Å². The molecule has 0 unspecified atom stereocenters. The molecule has 0 aliphatic heterocycles. The molecule has 1 N–H and O–H groups in total. The van der Waals surface area contributed by atoms with Gasteiger partial charge in [0.05, 0.1) is 0 Å². The van der Waals surface area contributed by atoms with Gasteiger partial charge in [0.2, 0.25) is 0 Å². The molecule has 1 heterocycles. The second-order valence-electron chi connectivity index (χ2n) is 5.24. The predicted molar refractivity (Wildman–Crippen MR) is 94.3 cm³/mol. The molecule has 0 aliphatic rings. The van der Waals surface area contributed by atoms with E-state index in [1.54, 1.807) is 24.5 Å². The summed E-state index contributed by atoms with van der Waals surface area (Å²) >= 11 is 0. The fraction of sp³-hybridized carbons (Fsp3) is 0.0476. The van der Waals surface area contributed by atoms with Crippen molar-refractivity contribution in [2.24, 2.45) is 0 Å². The average molecular weight is 312 g/mol. The zero-order valence-corrected chi connectivity index (χ0v) is 13.1. The van der Waals surface area contributed by atoms with Gasteiger partial charge in [-0.2, -0.15) is 0 Å². The molecule has 0 fully saturated rings.